The number of hydrogen-bond acceptors (Lipinski definition) is 6. The van der Waals surface area contributed by atoms with Crippen LogP contribution in [0.25, 0.3) is 0 Å². The van der Waals surface area contributed by atoms with Gasteiger partial charge >= 0.3 is 0 Å². The van der Waals surface area contributed by atoms with E-state index in [1.807, 2.05) is 33.2 Å². The summed E-state index contributed by atoms with van der Waals surface area (Å²) in [6.45, 7) is 6.64. The predicted octanol–water partition coefficient (Wildman–Crippen LogP) is 1.78. The molecule has 0 spiro atoms. The lowest BCUT2D eigenvalue weighted by molar-refractivity contribution is 0.305. The minimum absolute atomic E-state index is 0.154. The molecule has 7 heteroatoms. The van der Waals surface area contributed by atoms with Gasteiger partial charge in [0.05, 0.1) is 30.2 Å². The van der Waals surface area contributed by atoms with Crippen LogP contribution in [0.5, 0.6) is 0 Å². The number of aromatic nitrogens is 6. The van der Waals surface area contributed by atoms with Crippen molar-refractivity contribution in [2.45, 2.75) is 52.1 Å². The molecule has 1 aliphatic rings. The van der Waals surface area contributed by atoms with Crippen molar-refractivity contribution in [3.8, 4) is 0 Å². The average Bonchev–Trinajstić information content (AvgIpc) is 3.11. The summed E-state index contributed by atoms with van der Waals surface area (Å²) < 4.78 is 0. The minimum atomic E-state index is -0.154. The molecule has 1 N–H and O–H groups in total. The first-order valence-electron chi connectivity index (χ1n) is 7.35. The van der Waals surface area contributed by atoms with Crippen molar-refractivity contribution < 1.29 is 0 Å². The largest absolute Gasteiger partial charge is 0.375 e. The van der Waals surface area contributed by atoms with Gasteiger partial charge in [-0.05, 0) is 44.7 Å². The van der Waals surface area contributed by atoms with Gasteiger partial charge in [-0.1, -0.05) is 0 Å². The summed E-state index contributed by atoms with van der Waals surface area (Å²) in [5, 5.41) is 15.7. The highest BCUT2D eigenvalue weighted by Gasteiger charge is 2.22. The summed E-state index contributed by atoms with van der Waals surface area (Å²) in [6, 6.07) is 0. The Bertz CT molecular complexity index is 593. The fourth-order valence-electron chi connectivity index (χ4n) is 1.91. The van der Waals surface area contributed by atoms with Crippen LogP contribution in [0.4, 0.5) is 5.69 Å². The van der Waals surface area contributed by atoms with Crippen LogP contribution < -0.4 is 5.32 Å². The van der Waals surface area contributed by atoms with Crippen LogP contribution in [0, 0.1) is 5.92 Å². The Morgan fingerprint density at radius 1 is 1.19 bits per heavy atom. The highest BCUT2D eigenvalue weighted by atomic mass is 15.6. The van der Waals surface area contributed by atoms with E-state index in [1.165, 1.54) is 12.8 Å². The molecule has 0 aliphatic heterocycles. The molecule has 1 saturated carbocycles. The molecule has 0 radical (unpaired) electrons. The van der Waals surface area contributed by atoms with Gasteiger partial charge in [-0.2, -0.15) is 4.80 Å². The molecular formula is C14H21N7. The summed E-state index contributed by atoms with van der Waals surface area (Å²) in [5.41, 5.74) is 0.723. The van der Waals surface area contributed by atoms with Crippen molar-refractivity contribution in [3.05, 3.63) is 24.0 Å². The summed E-state index contributed by atoms with van der Waals surface area (Å²) >= 11 is 0. The van der Waals surface area contributed by atoms with Gasteiger partial charge in [-0.25, -0.2) is 9.97 Å². The molecule has 0 amide bonds. The van der Waals surface area contributed by atoms with E-state index in [9.17, 15) is 0 Å². The third kappa shape index (κ3) is 3.74. The second kappa shape index (κ2) is 5.38. The van der Waals surface area contributed by atoms with E-state index in [2.05, 4.69) is 30.7 Å². The number of hydrogen-bond donors (Lipinski definition) is 1. The molecule has 1 aliphatic carbocycles. The molecule has 0 unspecified atom stereocenters. The van der Waals surface area contributed by atoms with E-state index in [0.29, 0.717) is 12.4 Å². The Hall–Kier alpha value is -2.05. The van der Waals surface area contributed by atoms with Gasteiger partial charge in [0.15, 0.2) is 5.82 Å². The molecule has 21 heavy (non-hydrogen) atoms. The van der Waals surface area contributed by atoms with Crippen molar-refractivity contribution >= 4 is 5.69 Å². The lowest BCUT2D eigenvalue weighted by Gasteiger charge is -2.15. The molecular weight excluding hydrogens is 266 g/mol. The molecule has 0 aromatic carbocycles. The van der Waals surface area contributed by atoms with Gasteiger partial charge in [-0.3, -0.25) is 0 Å². The van der Waals surface area contributed by atoms with Crippen LogP contribution >= 0.6 is 0 Å². The fraction of sp³-hybridized carbons (Fsp3) is 0.643. The van der Waals surface area contributed by atoms with Gasteiger partial charge in [-0.15, -0.1) is 10.2 Å². The van der Waals surface area contributed by atoms with E-state index in [4.69, 9.17) is 0 Å². The normalized spacial score (nSPS) is 15.2. The molecule has 3 rings (SSSR count). The number of tetrazole rings is 1. The van der Waals surface area contributed by atoms with Crippen molar-refractivity contribution in [3.63, 3.8) is 0 Å². The van der Waals surface area contributed by atoms with E-state index >= 15 is 0 Å². The van der Waals surface area contributed by atoms with Crippen LogP contribution in [-0.4, -0.2) is 30.2 Å². The average molecular weight is 287 g/mol. The van der Waals surface area contributed by atoms with Crippen molar-refractivity contribution in [1.82, 2.24) is 30.2 Å². The third-order valence-electron chi connectivity index (χ3n) is 3.38. The van der Waals surface area contributed by atoms with Gasteiger partial charge in [0.25, 0.3) is 0 Å². The molecule has 2 aromatic heterocycles. The topological polar surface area (TPSA) is 81.4 Å². The number of rotatable bonds is 5. The molecule has 0 bridgehead atoms. The molecule has 7 nitrogen and oxygen atoms in total. The van der Waals surface area contributed by atoms with Gasteiger partial charge in [0, 0.05) is 6.42 Å². The molecule has 2 heterocycles. The van der Waals surface area contributed by atoms with Gasteiger partial charge in [0.1, 0.15) is 5.82 Å². The van der Waals surface area contributed by atoms with Crippen LogP contribution in [0.15, 0.2) is 12.4 Å². The standard InChI is InChI=1S/C14H21N7/c1-14(2,3)21-19-13(18-20-21)9-15-11-7-16-12(17-8-11)6-10-4-5-10/h7-8,10,15H,4-6,9H2,1-3H3. The first kappa shape index (κ1) is 13.9. The highest BCUT2D eigenvalue weighted by molar-refractivity contribution is 5.37. The van der Waals surface area contributed by atoms with E-state index in [-0.39, 0.29) is 5.54 Å². The van der Waals surface area contributed by atoms with E-state index < -0.39 is 0 Å². The molecule has 0 atom stereocenters. The molecule has 0 saturated heterocycles. The number of nitrogens with zero attached hydrogens (tertiary/aromatic N) is 6. The summed E-state index contributed by atoms with van der Waals surface area (Å²) in [5.74, 6) is 2.40. The monoisotopic (exact) mass is 287 g/mol. The predicted molar refractivity (Wildman–Crippen MR) is 78.6 cm³/mol. The second-order valence-corrected chi connectivity index (χ2v) is 6.55. The first-order chi connectivity index (χ1) is 10.0. The Kier molecular flexibility index (Phi) is 3.57. The number of nitrogens with one attached hydrogen (secondary N) is 1. The first-order valence-corrected chi connectivity index (χ1v) is 7.35. The fourth-order valence-corrected chi connectivity index (χ4v) is 1.91. The SMILES string of the molecule is CC(C)(C)n1nnc(CNc2cnc(CC3CC3)nc2)n1. The lowest BCUT2D eigenvalue weighted by Crippen LogP contribution is -2.24. The third-order valence-corrected chi connectivity index (χ3v) is 3.38. The van der Waals surface area contributed by atoms with Gasteiger partial charge in [0.2, 0.25) is 0 Å². The molecule has 2 aromatic rings. The van der Waals surface area contributed by atoms with Crippen molar-refractivity contribution in [1.29, 1.82) is 0 Å². The summed E-state index contributed by atoms with van der Waals surface area (Å²) in [6.07, 6.45) is 7.27. The summed E-state index contributed by atoms with van der Waals surface area (Å²) in [4.78, 5) is 10.4. The highest BCUT2D eigenvalue weighted by Crippen LogP contribution is 2.31. The Morgan fingerprint density at radius 2 is 1.90 bits per heavy atom. The van der Waals surface area contributed by atoms with Crippen molar-refractivity contribution in [2.75, 3.05) is 5.32 Å². The minimum Gasteiger partial charge on any atom is -0.375 e. The van der Waals surface area contributed by atoms with Crippen LogP contribution in [0.2, 0.25) is 0 Å². The van der Waals surface area contributed by atoms with Crippen LogP contribution in [0.1, 0.15) is 45.3 Å². The lowest BCUT2D eigenvalue weighted by atomic mass is 10.1. The maximum absolute atomic E-state index is 4.38. The van der Waals surface area contributed by atoms with Crippen LogP contribution in [0.3, 0.4) is 0 Å². The Balaban J connectivity index is 1.55. The van der Waals surface area contributed by atoms with E-state index in [0.717, 1.165) is 23.9 Å². The molecule has 112 valence electrons. The second-order valence-electron chi connectivity index (χ2n) is 6.55. The van der Waals surface area contributed by atoms with E-state index in [1.54, 1.807) is 4.80 Å². The molecule has 1 fully saturated rings. The zero-order valence-electron chi connectivity index (χ0n) is 12.7. The van der Waals surface area contributed by atoms with Gasteiger partial charge < -0.3 is 5.32 Å². The maximum atomic E-state index is 4.38. The quantitative estimate of drug-likeness (QED) is 0.902. The smallest absolute Gasteiger partial charge is 0.193 e. The zero-order valence-corrected chi connectivity index (χ0v) is 12.7. The van der Waals surface area contributed by atoms with Crippen LogP contribution in [-0.2, 0) is 18.5 Å². The van der Waals surface area contributed by atoms with Crippen molar-refractivity contribution in [2.24, 2.45) is 5.92 Å². The zero-order chi connectivity index (χ0) is 14.9. The Labute approximate surface area is 124 Å². The Morgan fingerprint density at radius 3 is 2.48 bits per heavy atom. The summed E-state index contributed by atoms with van der Waals surface area (Å²) in [7, 11) is 0. The maximum Gasteiger partial charge on any atom is 0.193 e. The number of anilines is 1.